The van der Waals surface area contributed by atoms with Gasteiger partial charge < -0.3 is 10.1 Å². The summed E-state index contributed by atoms with van der Waals surface area (Å²) in [5.41, 5.74) is 3.42. The van der Waals surface area contributed by atoms with Crippen LogP contribution in [0.3, 0.4) is 0 Å². The molecule has 0 spiro atoms. The normalized spacial score (nSPS) is 11.8. The number of thiophene rings is 1. The maximum absolute atomic E-state index is 10.3. The van der Waals surface area contributed by atoms with Crippen molar-refractivity contribution in [2.45, 2.75) is 13.8 Å². The highest BCUT2D eigenvalue weighted by Gasteiger charge is 2.14. The summed E-state index contributed by atoms with van der Waals surface area (Å²) in [5, 5.41) is 20.7. The number of hydrogen-bond acceptors (Lipinski definition) is 6. The first-order valence-electron chi connectivity index (χ1n) is 9.16. The van der Waals surface area contributed by atoms with E-state index >= 15 is 0 Å². The summed E-state index contributed by atoms with van der Waals surface area (Å²) in [6.07, 6.45) is 0. The highest BCUT2D eigenvalue weighted by atomic mass is 32.1. The number of H-pyrrole nitrogens is 1. The van der Waals surface area contributed by atoms with Crippen LogP contribution in [-0.2, 0) is 0 Å². The highest BCUT2D eigenvalue weighted by molar-refractivity contribution is 7.21. The first kappa shape index (κ1) is 17.5. The average molecular weight is 399 g/mol. The lowest BCUT2D eigenvalue weighted by Crippen LogP contribution is -1.85. The van der Waals surface area contributed by atoms with Crippen LogP contribution in [0.15, 0.2) is 64.8 Å². The zero-order valence-electron chi connectivity index (χ0n) is 15.8. The molecular formula is C22H17N5OS. The van der Waals surface area contributed by atoms with Crippen LogP contribution >= 0.6 is 11.3 Å². The number of aromatic amines is 1. The fourth-order valence-electron chi connectivity index (χ4n) is 3.37. The quantitative estimate of drug-likeness (QED) is 0.336. The van der Waals surface area contributed by atoms with Crippen molar-refractivity contribution >= 4 is 44.0 Å². The molecule has 5 rings (SSSR count). The molecule has 3 aromatic heterocycles. The number of nitrogens with one attached hydrogen (secondary N) is 1. The van der Waals surface area contributed by atoms with Crippen molar-refractivity contribution in [2.75, 3.05) is 0 Å². The fourth-order valence-corrected chi connectivity index (χ4v) is 4.44. The Morgan fingerprint density at radius 2 is 1.76 bits per heavy atom. The van der Waals surface area contributed by atoms with Gasteiger partial charge in [0.15, 0.2) is 11.5 Å². The zero-order chi connectivity index (χ0) is 20.0. The molecule has 7 heteroatoms. The van der Waals surface area contributed by atoms with Gasteiger partial charge in [-0.3, -0.25) is 0 Å². The van der Waals surface area contributed by atoms with Crippen LogP contribution in [-0.4, -0.2) is 20.1 Å². The second-order valence-electron chi connectivity index (χ2n) is 6.81. The second-order valence-corrected chi connectivity index (χ2v) is 7.84. The van der Waals surface area contributed by atoms with Gasteiger partial charge in [-0.05, 0) is 31.0 Å². The van der Waals surface area contributed by atoms with Crippen LogP contribution in [0.2, 0.25) is 0 Å². The van der Waals surface area contributed by atoms with Crippen molar-refractivity contribution < 1.29 is 5.11 Å². The summed E-state index contributed by atoms with van der Waals surface area (Å²) < 4.78 is 0. The molecule has 0 amide bonds. The number of benzene rings is 2. The van der Waals surface area contributed by atoms with Crippen LogP contribution < -0.4 is 0 Å². The lowest BCUT2D eigenvalue weighted by atomic mass is 10.1. The summed E-state index contributed by atoms with van der Waals surface area (Å²) in [5.74, 6) is 1.12. The minimum Gasteiger partial charge on any atom is -0.493 e. The number of aryl methyl sites for hydroxylation is 2. The van der Waals surface area contributed by atoms with Gasteiger partial charge in [-0.15, -0.1) is 21.6 Å². The minimum atomic E-state index is -0.00429. The van der Waals surface area contributed by atoms with Gasteiger partial charge in [-0.25, -0.2) is 9.97 Å². The van der Waals surface area contributed by atoms with Crippen LogP contribution in [0.1, 0.15) is 11.4 Å². The Kier molecular flexibility index (Phi) is 4.10. The molecule has 0 fully saturated rings. The Bertz CT molecular complexity index is 1390. The van der Waals surface area contributed by atoms with Gasteiger partial charge in [0.05, 0.1) is 10.9 Å². The molecule has 2 N–H and O–H groups in total. The van der Waals surface area contributed by atoms with E-state index in [-0.39, 0.29) is 5.88 Å². The number of hydrogen-bond donors (Lipinski definition) is 2. The standard InChI is InChI=1S/C22H17N5OS/c1-12-7-6-10-15-18(12)25-21(28)19(15)26-27-20-16-11-17(14-8-4-3-5-9-14)29-22(16)24-13(2)23-20/h3-11,25,28H,1-2H3. The predicted molar refractivity (Wildman–Crippen MR) is 116 cm³/mol. The highest BCUT2D eigenvalue weighted by Crippen LogP contribution is 2.39. The number of aromatic nitrogens is 3. The average Bonchev–Trinajstić information content (AvgIpc) is 3.28. The van der Waals surface area contributed by atoms with Crippen LogP contribution in [0, 0.1) is 13.8 Å². The smallest absolute Gasteiger partial charge is 0.218 e. The molecule has 0 saturated carbocycles. The molecule has 0 aliphatic carbocycles. The van der Waals surface area contributed by atoms with E-state index in [0.29, 0.717) is 17.3 Å². The number of azo groups is 1. The maximum Gasteiger partial charge on any atom is 0.218 e. The molecule has 0 bridgehead atoms. The number of nitrogens with zero attached hydrogens (tertiary/aromatic N) is 4. The molecule has 0 radical (unpaired) electrons. The summed E-state index contributed by atoms with van der Waals surface area (Å²) in [7, 11) is 0. The third-order valence-corrected chi connectivity index (χ3v) is 5.86. The van der Waals surface area contributed by atoms with E-state index in [9.17, 15) is 5.11 Å². The van der Waals surface area contributed by atoms with Gasteiger partial charge in [0.1, 0.15) is 10.7 Å². The number of rotatable bonds is 3. The summed E-state index contributed by atoms with van der Waals surface area (Å²) in [4.78, 5) is 14.0. The Balaban J connectivity index is 1.63. The lowest BCUT2D eigenvalue weighted by molar-refractivity contribution is 0.459. The predicted octanol–water partition coefficient (Wildman–Crippen LogP) is 6.58. The molecule has 0 unspecified atom stereocenters. The first-order chi connectivity index (χ1) is 14.1. The molecule has 0 aliphatic heterocycles. The zero-order valence-corrected chi connectivity index (χ0v) is 16.7. The Morgan fingerprint density at radius 3 is 2.59 bits per heavy atom. The third-order valence-electron chi connectivity index (χ3n) is 4.78. The molecule has 0 atom stereocenters. The summed E-state index contributed by atoms with van der Waals surface area (Å²) in [6.45, 7) is 3.82. The van der Waals surface area contributed by atoms with E-state index < -0.39 is 0 Å². The van der Waals surface area contributed by atoms with Gasteiger partial charge in [-0.1, -0.05) is 48.5 Å². The van der Waals surface area contributed by atoms with E-state index in [0.717, 1.165) is 37.1 Å². The monoisotopic (exact) mass is 399 g/mol. The summed E-state index contributed by atoms with van der Waals surface area (Å²) >= 11 is 1.60. The molecule has 2 aromatic carbocycles. The van der Waals surface area contributed by atoms with Crippen molar-refractivity contribution in [3.05, 3.63) is 66.0 Å². The van der Waals surface area contributed by atoms with Crippen molar-refractivity contribution in [1.29, 1.82) is 0 Å². The van der Waals surface area contributed by atoms with Crippen molar-refractivity contribution in [3.63, 3.8) is 0 Å². The van der Waals surface area contributed by atoms with Crippen LogP contribution in [0.4, 0.5) is 11.5 Å². The van der Waals surface area contributed by atoms with E-state index in [4.69, 9.17) is 0 Å². The second kappa shape index (κ2) is 6.79. The van der Waals surface area contributed by atoms with Gasteiger partial charge in [0, 0.05) is 10.3 Å². The van der Waals surface area contributed by atoms with Gasteiger partial charge >= 0.3 is 0 Å². The molecule has 0 saturated heterocycles. The molecule has 3 heterocycles. The third kappa shape index (κ3) is 3.05. The molecule has 6 nitrogen and oxygen atoms in total. The fraction of sp³-hybridized carbons (Fsp3) is 0.0909. The molecule has 29 heavy (non-hydrogen) atoms. The topological polar surface area (TPSA) is 86.5 Å². The number of para-hydroxylation sites is 1. The van der Waals surface area contributed by atoms with Crippen molar-refractivity contribution in [1.82, 2.24) is 15.0 Å². The molecule has 142 valence electrons. The van der Waals surface area contributed by atoms with Gasteiger partial charge in [0.2, 0.25) is 5.88 Å². The van der Waals surface area contributed by atoms with Gasteiger partial charge in [0.25, 0.3) is 0 Å². The molecule has 5 aromatic rings. The van der Waals surface area contributed by atoms with Crippen LogP contribution in [0.5, 0.6) is 5.88 Å². The van der Waals surface area contributed by atoms with E-state index in [1.54, 1.807) is 11.3 Å². The molecule has 0 aliphatic rings. The van der Waals surface area contributed by atoms with Crippen LogP contribution in [0.25, 0.3) is 31.6 Å². The van der Waals surface area contributed by atoms with E-state index in [1.807, 2.05) is 56.3 Å². The van der Waals surface area contributed by atoms with Crippen molar-refractivity contribution in [3.8, 4) is 16.3 Å². The maximum atomic E-state index is 10.3. The van der Waals surface area contributed by atoms with Crippen molar-refractivity contribution in [2.24, 2.45) is 10.2 Å². The summed E-state index contributed by atoms with van der Waals surface area (Å²) in [6, 6.07) is 18.0. The number of fused-ring (bicyclic) bond motifs is 2. The molecular weight excluding hydrogens is 382 g/mol. The van der Waals surface area contributed by atoms with E-state index in [1.165, 1.54) is 0 Å². The number of aromatic hydroxyl groups is 1. The Morgan fingerprint density at radius 1 is 0.931 bits per heavy atom. The Hall–Kier alpha value is -3.58. The van der Waals surface area contributed by atoms with Gasteiger partial charge in [-0.2, -0.15) is 0 Å². The largest absolute Gasteiger partial charge is 0.493 e. The minimum absolute atomic E-state index is 0.00429. The van der Waals surface area contributed by atoms with E-state index in [2.05, 4.69) is 37.3 Å². The lowest BCUT2D eigenvalue weighted by Gasteiger charge is -1.97. The first-order valence-corrected chi connectivity index (χ1v) is 9.97. The Labute approximate surface area is 170 Å². The SMILES string of the molecule is Cc1nc(N=Nc2c(O)[nH]c3c(C)cccc23)c2cc(-c3ccccc3)sc2n1.